The lowest BCUT2D eigenvalue weighted by atomic mass is 9.94. The van der Waals surface area contributed by atoms with Crippen LogP contribution in [0.25, 0.3) is 0 Å². The van der Waals surface area contributed by atoms with E-state index in [4.69, 9.17) is 10.5 Å². The number of hydrogen-bond donors (Lipinski definition) is 1. The molecule has 4 nitrogen and oxygen atoms in total. The van der Waals surface area contributed by atoms with Gasteiger partial charge in [-0.25, -0.2) is 0 Å². The van der Waals surface area contributed by atoms with E-state index in [2.05, 4.69) is 19.1 Å². The van der Waals surface area contributed by atoms with Gasteiger partial charge in [0.15, 0.2) is 0 Å². The maximum absolute atomic E-state index is 12.9. The highest BCUT2D eigenvalue weighted by Gasteiger charge is 2.32. The number of hydrogen-bond acceptors (Lipinski definition) is 3. The SMILES string of the molecule is COC1CCN(C(=O)c2c(C)cc(C)cc2C)C(CN)C1. The van der Waals surface area contributed by atoms with E-state index in [0.29, 0.717) is 13.1 Å². The Balaban J connectivity index is 2.27. The summed E-state index contributed by atoms with van der Waals surface area (Å²) in [5, 5.41) is 0. The van der Waals surface area contributed by atoms with Gasteiger partial charge in [-0.3, -0.25) is 4.79 Å². The number of methoxy groups -OCH3 is 1. The lowest BCUT2D eigenvalue weighted by Crippen LogP contribution is -2.51. The van der Waals surface area contributed by atoms with Crippen LogP contribution in [0, 0.1) is 20.8 Å². The fourth-order valence-corrected chi connectivity index (χ4v) is 3.38. The first-order chi connectivity index (χ1) is 9.97. The van der Waals surface area contributed by atoms with Gasteiger partial charge in [-0.2, -0.15) is 0 Å². The fraction of sp³-hybridized carbons (Fsp3) is 0.588. The second-order valence-corrected chi connectivity index (χ2v) is 6.04. The molecule has 2 N–H and O–H groups in total. The topological polar surface area (TPSA) is 55.6 Å². The van der Waals surface area contributed by atoms with Gasteiger partial charge in [-0.05, 0) is 44.7 Å². The molecule has 2 unspecified atom stereocenters. The summed E-state index contributed by atoms with van der Waals surface area (Å²) in [6.45, 7) is 7.27. The van der Waals surface area contributed by atoms with Crippen molar-refractivity contribution in [3.8, 4) is 0 Å². The van der Waals surface area contributed by atoms with Gasteiger partial charge in [0.1, 0.15) is 0 Å². The first-order valence-corrected chi connectivity index (χ1v) is 7.59. The molecule has 1 aromatic carbocycles. The number of piperidine rings is 1. The maximum atomic E-state index is 12.9. The minimum Gasteiger partial charge on any atom is -0.381 e. The molecular weight excluding hydrogens is 264 g/mol. The summed E-state index contributed by atoms with van der Waals surface area (Å²) < 4.78 is 5.43. The highest BCUT2D eigenvalue weighted by Crippen LogP contribution is 2.24. The predicted molar refractivity (Wildman–Crippen MR) is 84.6 cm³/mol. The van der Waals surface area contributed by atoms with E-state index in [9.17, 15) is 4.79 Å². The van der Waals surface area contributed by atoms with Gasteiger partial charge >= 0.3 is 0 Å². The third-order valence-corrected chi connectivity index (χ3v) is 4.42. The molecule has 0 radical (unpaired) electrons. The Labute approximate surface area is 127 Å². The van der Waals surface area contributed by atoms with Crippen molar-refractivity contribution in [1.29, 1.82) is 0 Å². The van der Waals surface area contributed by atoms with Crippen LogP contribution in [0.15, 0.2) is 12.1 Å². The van der Waals surface area contributed by atoms with Crippen molar-refractivity contribution in [2.75, 3.05) is 20.2 Å². The van der Waals surface area contributed by atoms with Crippen LogP contribution in [-0.2, 0) is 4.74 Å². The molecule has 0 aliphatic carbocycles. The fourth-order valence-electron chi connectivity index (χ4n) is 3.38. The minimum atomic E-state index is 0.0660. The minimum absolute atomic E-state index is 0.0660. The van der Waals surface area contributed by atoms with Crippen LogP contribution in [-0.4, -0.2) is 43.2 Å². The van der Waals surface area contributed by atoms with Gasteiger partial charge in [0.05, 0.1) is 6.10 Å². The van der Waals surface area contributed by atoms with Crippen LogP contribution < -0.4 is 5.73 Å². The monoisotopic (exact) mass is 290 g/mol. The number of nitrogens with two attached hydrogens (primary N) is 1. The summed E-state index contributed by atoms with van der Waals surface area (Å²) in [7, 11) is 1.73. The molecule has 21 heavy (non-hydrogen) atoms. The standard InChI is InChI=1S/C17H26N2O2/c1-11-7-12(2)16(13(3)8-11)17(20)19-6-5-15(21-4)9-14(19)10-18/h7-8,14-15H,5-6,9-10,18H2,1-4H3. The summed E-state index contributed by atoms with van der Waals surface area (Å²) in [6.07, 6.45) is 1.91. The van der Waals surface area contributed by atoms with E-state index in [1.54, 1.807) is 7.11 Å². The van der Waals surface area contributed by atoms with E-state index in [1.165, 1.54) is 5.56 Å². The van der Waals surface area contributed by atoms with Crippen molar-refractivity contribution in [2.45, 2.75) is 45.8 Å². The number of ether oxygens (including phenoxy) is 1. The molecular formula is C17H26N2O2. The number of nitrogens with zero attached hydrogens (tertiary/aromatic N) is 1. The van der Waals surface area contributed by atoms with Crippen molar-refractivity contribution in [2.24, 2.45) is 5.73 Å². The number of amides is 1. The Morgan fingerprint density at radius 2 is 1.95 bits per heavy atom. The van der Waals surface area contributed by atoms with Gasteiger partial charge in [0.25, 0.3) is 5.91 Å². The van der Waals surface area contributed by atoms with Crippen LogP contribution in [0.4, 0.5) is 0 Å². The number of benzene rings is 1. The molecule has 2 atom stereocenters. The maximum Gasteiger partial charge on any atom is 0.254 e. The average molecular weight is 290 g/mol. The lowest BCUT2D eigenvalue weighted by molar-refractivity contribution is 0.0138. The normalized spacial score (nSPS) is 22.4. The van der Waals surface area contributed by atoms with Gasteiger partial charge in [-0.1, -0.05) is 17.7 Å². The van der Waals surface area contributed by atoms with Crippen LogP contribution in [0.1, 0.15) is 39.9 Å². The second-order valence-electron chi connectivity index (χ2n) is 6.04. The van der Waals surface area contributed by atoms with Crippen molar-refractivity contribution in [1.82, 2.24) is 4.90 Å². The molecule has 0 spiro atoms. The molecule has 0 bridgehead atoms. The van der Waals surface area contributed by atoms with Crippen LogP contribution in [0.2, 0.25) is 0 Å². The summed E-state index contributed by atoms with van der Waals surface area (Å²) in [5.41, 5.74) is 9.98. The first-order valence-electron chi connectivity index (χ1n) is 7.59. The Morgan fingerprint density at radius 3 is 2.48 bits per heavy atom. The van der Waals surface area contributed by atoms with Gasteiger partial charge in [0.2, 0.25) is 0 Å². The molecule has 0 aromatic heterocycles. The Morgan fingerprint density at radius 1 is 1.33 bits per heavy atom. The van der Waals surface area contributed by atoms with E-state index in [1.807, 2.05) is 18.7 Å². The number of carbonyl (C=O) groups is 1. The largest absolute Gasteiger partial charge is 0.381 e. The molecule has 1 heterocycles. The molecule has 1 aliphatic heterocycles. The molecule has 1 amide bonds. The third kappa shape index (κ3) is 3.27. The Kier molecular flexibility index (Phi) is 5.01. The highest BCUT2D eigenvalue weighted by atomic mass is 16.5. The van der Waals surface area contributed by atoms with Gasteiger partial charge < -0.3 is 15.4 Å². The molecule has 2 rings (SSSR count). The summed E-state index contributed by atoms with van der Waals surface area (Å²) >= 11 is 0. The second kappa shape index (κ2) is 6.58. The zero-order valence-corrected chi connectivity index (χ0v) is 13.5. The van der Waals surface area contributed by atoms with E-state index >= 15 is 0 Å². The lowest BCUT2D eigenvalue weighted by Gasteiger charge is -2.39. The average Bonchev–Trinajstić information content (AvgIpc) is 2.45. The summed E-state index contributed by atoms with van der Waals surface area (Å²) in [6, 6.07) is 4.20. The van der Waals surface area contributed by atoms with Crippen LogP contribution in [0.3, 0.4) is 0 Å². The quantitative estimate of drug-likeness (QED) is 0.928. The molecule has 1 fully saturated rings. The summed E-state index contributed by atoms with van der Waals surface area (Å²) in [4.78, 5) is 14.9. The van der Waals surface area contributed by atoms with Crippen molar-refractivity contribution in [3.05, 3.63) is 34.4 Å². The summed E-state index contributed by atoms with van der Waals surface area (Å²) in [5.74, 6) is 0.106. The van der Waals surface area contributed by atoms with Crippen molar-refractivity contribution < 1.29 is 9.53 Å². The number of aryl methyl sites for hydroxylation is 3. The smallest absolute Gasteiger partial charge is 0.254 e. The number of rotatable bonds is 3. The predicted octanol–water partition coefficient (Wildman–Crippen LogP) is 2.19. The van der Waals surface area contributed by atoms with Crippen LogP contribution in [0.5, 0.6) is 0 Å². The molecule has 0 saturated carbocycles. The molecule has 1 aromatic rings. The molecule has 116 valence electrons. The van der Waals surface area contributed by atoms with Crippen molar-refractivity contribution in [3.63, 3.8) is 0 Å². The molecule has 1 saturated heterocycles. The van der Waals surface area contributed by atoms with Crippen molar-refractivity contribution >= 4 is 5.91 Å². The number of likely N-dealkylation sites (tertiary alicyclic amines) is 1. The van der Waals surface area contributed by atoms with Gasteiger partial charge in [-0.15, -0.1) is 0 Å². The van der Waals surface area contributed by atoms with Gasteiger partial charge in [0, 0.05) is 31.8 Å². The zero-order valence-electron chi connectivity index (χ0n) is 13.5. The first kappa shape index (κ1) is 16.0. The molecule has 4 heteroatoms. The molecule has 1 aliphatic rings. The Bertz CT molecular complexity index is 505. The Hall–Kier alpha value is -1.39. The third-order valence-electron chi connectivity index (χ3n) is 4.42. The van der Waals surface area contributed by atoms with E-state index in [-0.39, 0.29) is 18.1 Å². The zero-order chi connectivity index (χ0) is 15.6. The van der Waals surface area contributed by atoms with E-state index in [0.717, 1.165) is 29.5 Å². The number of carbonyl (C=O) groups excluding carboxylic acids is 1. The highest BCUT2D eigenvalue weighted by molar-refractivity contribution is 5.97. The van der Waals surface area contributed by atoms with E-state index < -0.39 is 0 Å². The van der Waals surface area contributed by atoms with Crippen LogP contribution >= 0.6 is 0 Å².